The third kappa shape index (κ3) is 4.08. The van der Waals surface area contributed by atoms with Crippen LogP contribution in [0.3, 0.4) is 0 Å². The van der Waals surface area contributed by atoms with E-state index in [4.69, 9.17) is 9.47 Å². The van der Waals surface area contributed by atoms with E-state index in [0.29, 0.717) is 22.6 Å². The van der Waals surface area contributed by atoms with Gasteiger partial charge in [0.25, 0.3) is 5.56 Å². The van der Waals surface area contributed by atoms with Crippen molar-refractivity contribution in [1.82, 2.24) is 9.78 Å². The lowest BCUT2D eigenvalue weighted by Gasteiger charge is -2.14. The van der Waals surface area contributed by atoms with Crippen LogP contribution >= 0.6 is 0 Å². The van der Waals surface area contributed by atoms with E-state index in [-0.39, 0.29) is 23.4 Å². The van der Waals surface area contributed by atoms with Gasteiger partial charge in [-0.15, -0.1) is 0 Å². The molecule has 134 valence electrons. The highest BCUT2D eigenvalue weighted by Gasteiger charge is 2.23. The van der Waals surface area contributed by atoms with Crippen LogP contribution in [0.4, 0.5) is 0 Å². The van der Waals surface area contributed by atoms with E-state index in [0.717, 1.165) is 19.1 Å². The molecule has 1 aliphatic carbocycles. The van der Waals surface area contributed by atoms with Crippen LogP contribution in [0.25, 0.3) is 11.3 Å². The van der Waals surface area contributed by atoms with Gasteiger partial charge in [-0.2, -0.15) is 5.10 Å². The first-order valence-electron chi connectivity index (χ1n) is 7.89. The number of nitrogens with zero attached hydrogens (tertiary/aromatic N) is 2. The molecule has 0 aliphatic heterocycles. The van der Waals surface area contributed by atoms with Crippen molar-refractivity contribution in [2.45, 2.75) is 30.8 Å². The Morgan fingerprint density at radius 2 is 2.00 bits per heavy atom. The minimum atomic E-state index is -3.39. The summed E-state index contributed by atoms with van der Waals surface area (Å²) in [5, 5.41) is 4.27. The maximum atomic E-state index is 11.9. The number of hydrogen-bond donors (Lipinski definition) is 0. The Balaban J connectivity index is 2.06. The van der Waals surface area contributed by atoms with Gasteiger partial charge >= 0.3 is 0 Å². The Hall–Kier alpha value is -2.19. The molecule has 1 aromatic heterocycles. The largest absolute Gasteiger partial charge is 0.467 e. The third-order valence-corrected chi connectivity index (χ3v) is 5.07. The molecular weight excluding hydrogens is 344 g/mol. The number of hydrogen-bond acceptors (Lipinski definition) is 6. The first-order chi connectivity index (χ1) is 11.8. The van der Waals surface area contributed by atoms with E-state index < -0.39 is 9.84 Å². The van der Waals surface area contributed by atoms with Gasteiger partial charge in [0.1, 0.15) is 5.75 Å². The van der Waals surface area contributed by atoms with E-state index in [1.54, 1.807) is 20.0 Å². The van der Waals surface area contributed by atoms with Gasteiger partial charge in [-0.25, -0.2) is 13.1 Å². The fourth-order valence-corrected chi connectivity index (χ4v) is 3.02. The number of aryl methyl sites for hydroxylation is 2. The predicted molar refractivity (Wildman–Crippen MR) is 92.4 cm³/mol. The fraction of sp³-hybridized carbons (Fsp3) is 0.412. The average molecular weight is 364 g/mol. The summed E-state index contributed by atoms with van der Waals surface area (Å²) in [6, 6.07) is 6.05. The molecule has 0 atom stereocenters. The number of aromatic nitrogens is 2. The molecule has 7 nitrogen and oxygen atoms in total. The average Bonchev–Trinajstić information content (AvgIpc) is 3.34. The van der Waals surface area contributed by atoms with Gasteiger partial charge in [0.2, 0.25) is 0 Å². The first-order valence-corrected chi connectivity index (χ1v) is 9.78. The summed E-state index contributed by atoms with van der Waals surface area (Å²) in [5.41, 5.74) is 1.41. The normalized spacial score (nSPS) is 14.5. The summed E-state index contributed by atoms with van der Waals surface area (Å²) in [6.07, 6.45) is 3.45. The summed E-state index contributed by atoms with van der Waals surface area (Å²) in [7, 11) is -1.84. The SMILES string of the molecule is Cc1cc(=O)n(C)nc1-c1cc(S(C)(=O)=O)ccc1OCOC1CC1. The lowest BCUT2D eigenvalue weighted by molar-refractivity contribution is 0.00507. The molecule has 8 heteroatoms. The summed E-state index contributed by atoms with van der Waals surface area (Å²) < 4.78 is 36.2. The summed E-state index contributed by atoms with van der Waals surface area (Å²) >= 11 is 0. The Labute approximate surface area is 146 Å². The number of sulfone groups is 1. The Morgan fingerprint density at radius 3 is 2.64 bits per heavy atom. The highest BCUT2D eigenvalue weighted by molar-refractivity contribution is 7.90. The second kappa shape index (κ2) is 6.61. The second-order valence-corrected chi connectivity index (χ2v) is 8.21. The quantitative estimate of drug-likeness (QED) is 0.725. The molecule has 0 saturated heterocycles. The smallest absolute Gasteiger partial charge is 0.266 e. The summed E-state index contributed by atoms with van der Waals surface area (Å²) in [6.45, 7) is 1.84. The van der Waals surface area contributed by atoms with Crippen molar-refractivity contribution >= 4 is 9.84 Å². The van der Waals surface area contributed by atoms with Crippen molar-refractivity contribution in [2.24, 2.45) is 7.05 Å². The van der Waals surface area contributed by atoms with Gasteiger partial charge in [-0.1, -0.05) is 0 Å². The van der Waals surface area contributed by atoms with Crippen LogP contribution in [0.2, 0.25) is 0 Å². The lowest BCUT2D eigenvalue weighted by Crippen LogP contribution is -2.20. The van der Waals surface area contributed by atoms with Crippen molar-refractivity contribution < 1.29 is 17.9 Å². The Morgan fingerprint density at radius 1 is 1.28 bits per heavy atom. The highest BCUT2D eigenvalue weighted by Crippen LogP contribution is 2.33. The summed E-state index contributed by atoms with van der Waals surface area (Å²) in [5.74, 6) is 0.460. The highest BCUT2D eigenvalue weighted by atomic mass is 32.2. The van der Waals surface area contributed by atoms with Gasteiger partial charge in [-0.3, -0.25) is 4.79 Å². The molecule has 1 saturated carbocycles. The molecule has 0 radical (unpaired) electrons. The molecule has 1 fully saturated rings. The molecule has 1 aliphatic rings. The number of benzene rings is 1. The third-order valence-electron chi connectivity index (χ3n) is 3.96. The van der Waals surface area contributed by atoms with Crippen LogP contribution in [0.5, 0.6) is 5.75 Å². The molecule has 1 aromatic carbocycles. The molecule has 0 bridgehead atoms. The molecular formula is C17H20N2O5S. The van der Waals surface area contributed by atoms with Gasteiger partial charge < -0.3 is 9.47 Å². The minimum Gasteiger partial charge on any atom is -0.467 e. The van der Waals surface area contributed by atoms with Crippen LogP contribution in [0.15, 0.2) is 34.0 Å². The van der Waals surface area contributed by atoms with Gasteiger partial charge in [-0.05, 0) is 43.5 Å². The molecule has 0 unspecified atom stereocenters. The van der Waals surface area contributed by atoms with Crippen LogP contribution in [-0.2, 0) is 21.6 Å². The van der Waals surface area contributed by atoms with Crippen LogP contribution in [0.1, 0.15) is 18.4 Å². The van der Waals surface area contributed by atoms with E-state index in [2.05, 4.69) is 5.10 Å². The van der Waals surface area contributed by atoms with Crippen LogP contribution in [0, 0.1) is 6.92 Å². The lowest BCUT2D eigenvalue weighted by atomic mass is 10.1. The molecule has 0 amide bonds. The Kier molecular flexibility index (Phi) is 4.66. The van der Waals surface area contributed by atoms with Crippen LogP contribution in [-0.4, -0.2) is 37.4 Å². The van der Waals surface area contributed by atoms with E-state index in [1.807, 2.05) is 0 Å². The second-order valence-electron chi connectivity index (χ2n) is 6.20. The molecule has 1 heterocycles. The maximum absolute atomic E-state index is 11.9. The summed E-state index contributed by atoms with van der Waals surface area (Å²) in [4.78, 5) is 11.9. The minimum absolute atomic E-state index is 0.0840. The number of ether oxygens (including phenoxy) is 2. The van der Waals surface area contributed by atoms with Crippen molar-refractivity contribution in [1.29, 1.82) is 0 Å². The van der Waals surface area contributed by atoms with Gasteiger partial charge in [0.15, 0.2) is 16.6 Å². The standard InChI is InChI=1S/C17H20N2O5S/c1-11-8-16(20)19(2)18-17(11)14-9-13(25(3,21)22)6-7-15(14)24-10-23-12-4-5-12/h6-9,12H,4-5,10H2,1-3H3. The van der Waals surface area contributed by atoms with Gasteiger partial charge in [0, 0.05) is 24.9 Å². The zero-order valence-corrected chi connectivity index (χ0v) is 15.2. The first kappa shape index (κ1) is 17.6. The molecule has 3 rings (SSSR count). The molecule has 2 aromatic rings. The van der Waals surface area contributed by atoms with E-state index >= 15 is 0 Å². The molecule has 0 N–H and O–H groups in total. The molecule has 25 heavy (non-hydrogen) atoms. The number of rotatable bonds is 6. The van der Waals surface area contributed by atoms with Crippen molar-refractivity contribution in [2.75, 3.05) is 13.0 Å². The van der Waals surface area contributed by atoms with Crippen LogP contribution < -0.4 is 10.3 Å². The zero-order valence-electron chi connectivity index (χ0n) is 14.4. The van der Waals surface area contributed by atoms with Crippen molar-refractivity contribution in [3.63, 3.8) is 0 Å². The molecule has 0 spiro atoms. The zero-order chi connectivity index (χ0) is 18.2. The van der Waals surface area contributed by atoms with E-state index in [1.165, 1.54) is 22.9 Å². The topological polar surface area (TPSA) is 87.5 Å². The maximum Gasteiger partial charge on any atom is 0.266 e. The van der Waals surface area contributed by atoms with Gasteiger partial charge in [0.05, 0.1) is 16.7 Å². The van der Waals surface area contributed by atoms with Crippen molar-refractivity contribution in [3.8, 4) is 17.0 Å². The monoisotopic (exact) mass is 364 g/mol. The Bertz CT molecular complexity index is 961. The van der Waals surface area contributed by atoms with E-state index in [9.17, 15) is 13.2 Å². The van der Waals surface area contributed by atoms with Crippen molar-refractivity contribution in [3.05, 3.63) is 40.2 Å². The fourth-order valence-electron chi connectivity index (χ4n) is 2.37. The predicted octanol–water partition coefficient (Wildman–Crippen LogP) is 1.67.